The molecule has 0 atom stereocenters. The van der Waals surface area contributed by atoms with Gasteiger partial charge < -0.3 is 0 Å². The Labute approximate surface area is 209 Å². The second-order valence-electron chi connectivity index (χ2n) is 8.46. The molecule has 0 fully saturated rings. The topological polar surface area (TPSA) is 48.5 Å². The molecule has 0 amide bonds. The molecule has 0 saturated heterocycles. The van der Waals surface area contributed by atoms with E-state index in [9.17, 15) is 4.39 Å². The van der Waals surface area contributed by atoms with E-state index in [0.29, 0.717) is 5.69 Å². The quantitative estimate of drug-likeness (QED) is 0.340. The standard InChI is InChI=1S/C29H22FN5Si/c30-23-9-7-10-24(21-23)34-19-16-28(32-34)36(26-12-3-1-4-13-26,27-14-5-2-6-15-27)29-17-20-35(33-29)25-11-8-18-31-22-25/h1-22H. The predicted octanol–water partition coefficient (Wildman–Crippen LogP) is 2.97. The van der Waals surface area contributed by atoms with Crippen LogP contribution in [-0.4, -0.2) is 32.6 Å². The van der Waals surface area contributed by atoms with Crippen molar-refractivity contribution in [2.45, 2.75) is 0 Å². The number of halogens is 1. The fourth-order valence-electron chi connectivity index (χ4n) is 4.71. The van der Waals surface area contributed by atoms with Gasteiger partial charge in [0.15, 0.2) is 0 Å². The monoisotopic (exact) mass is 487 g/mol. The molecule has 0 N–H and O–H groups in total. The summed E-state index contributed by atoms with van der Waals surface area (Å²) in [4.78, 5) is 4.26. The molecule has 7 heteroatoms. The first kappa shape index (κ1) is 21.9. The van der Waals surface area contributed by atoms with Gasteiger partial charge in [0.05, 0.1) is 28.2 Å². The van der Waals surface area contributed by atoms with Crippen LogP contribution in [0.4, 0.5) is 4.39 Å². The molecule has 0 unspecified atom stereocenters. The minimum absolute atomic E-state index is 0.297. The Hall–Kier alpha value is -4.62. The van der Waals surface area contributed by atoms with Crippen LogP contribution in [0.1, 0.15) is 0 Å². The SMILES string of the molecule is Fc1cccc(-n2ccc([Si](c3ccccc3)(c3ccccc3)c3ccn(-c4cccnc4)n3)n2)c1. The number of aromatic nitrogens is 5. The van der Waals surface area contributed by atoms with Crippen LogP contribution < -0.4 is 21.0 Å². The van der Waals surface area contributed by atoms with Crippen molar-refractivity contribution in [3.63, 3.8) is 0 Å². The number of nitrogens with zero attached hydrogens (tertiary/aromatic N) is 5. The molecule has 6 aromatic rings. The van der Waals surface area contributed by atoms with Crippen LogP contribution >= 0.6 is 0 Å². The lowest BCUT2D eigenvalue weighted by Gasteiger charge is -2.29. The summed E-state index contributed by atoms with van der Waals surface area (Å²) >= 11 is 0. The highest BCUT2D eigenvalue weighted by molar-refractivity contribution is 7.19. The summed E-state index contributed by atoms with van der Waals surface area (Å²) in [6.45, 7) is 0. The van der Waals surface area contributed by atoms with Crippen molar-refractivity contribution in [1.82, 2.24) is 24.5 Å². The van der Waals surface area contributed by atoms with E-state index in [1.807, 2.05) is 53.5 Å². The van der Waals surface area contributed by atoms with Gasteiger partial charge in [-0.05, 0) is 52.8 Å². The van der Waals surface area contributed by atoms with Gasteiger partial charge in [0.1, 0.15) is 5.82 Å². The Balaban J connectivity index is 1.62. The second-order valence-corrected chi connectivity index (χ2v) is 12.1. The van der Waals surface area contributed by atoms with Gasteiger partial charge in [0, 0.05) is 18.6 Å². The first-order valence-corrected chi connectivity index (χ1v) is 13.6. The maximum absolute atomic E-state index is 14.0. The highest BCUT2D eigenvalue weighted by Crippen LogP contribution is 2.12. The molecule has 3 heterocycles. The van der Waals surface area contributed by atoms with Crippen molar-refractivity contribution >= 4 is 29.1 Å². The van der Waals surface area contributed by atoms with Gasteiger partial charge >= 0.3 is 0 Å². The summed E-state index contributed by atoms with van der Waals surface area (Å²) in [5.74, 6) is -0.297. The van der Waals surface area contributed by atoms with Crippen LogP contribution in [0.3, 0.4) is 0 Å². The van der Waals surface area contributed by atoms with Crippen molar-refractivity contribution in [1.29, 1.82) is 0 Å². The maximum Gasteiger partial charge on any atom is 0.228 e. The number of benzene rings is 3. The summed E-state index contributed by atoms with van der Waals surface area (Å²) in [7, 11) is -2.92. The van der Waals surface area contributed by atoms with Gasteiger partial charge in [-0.15, -0.1) is 0 Å². The van der Waals surface area contributed by atoms with Crippen molar-refractivity contribution in [2.24, 2.45) is 0 Å². The predicted molar refractivity (Wildman–Crippen MR) is 142 cm³/mol. The molecule has 0 saturated carbocycles. The molecule has 0 aliphatic rings. The summed E-state index contributed by atoms with van der Waals surface area (Å²) in [5, 5.41) is 14.4. The third kappa shape index (κ3) is 3.75. The Bertz CT molecular complexity index is 1560. The minimum atomic E-state index is -2.92. The highest BCUT2D eigenvalue weighted by Gasteiger charge is 2.46. The van der Waals surface area contributed by atoms with Gasteiger partial charge in [0.2, 0.25) is 8.07 Å². The third-order valence-electron chi connectivity index (χ3n) is 6.34. The zero-order valence-electron chi connectivity index (χ0n) is 19.3. The zero-order chi connectivity index (χ0) is 24.4. The lowest BCUT2D eigenvalue weighted by Crippen LogP contribution is -2.75. The lowest BCUT2D eigenvalue weighted by molar-refractivity contribution is 0.625. The van der Waals surface area contributed by atoms with Crippen molar-refractivity contribution in [3.8, 4) is 11.4 Å². The van der Waals surface area contributed by atoms with Crippen molar-refractivity contribution in [2.75, 3.05) is 0 Å². The van der Waals surface area contributed by atoms with Crippen LogP contribution in [0, 0.1) is 5.82 Å². The van der Waals surface area contributed by atoms with Crippen LogP contribution in [-0.2, 0) is 0 Å². The third-order valence-corrected chi connectivity index (χ3v) is 10.8. The summed E-state index contributed by atoms with van der Waals surface area (Å²) < 4.78 is 17.6. The van der Waals surface area contributed by atoms with E-state index < -0.39 is 8.07 Å². The lowest BCUT2D eigenvalue weighted by atomic mass is 10.3. The first-order chi connectivity index (χ1) is 17.7. The van der Waals surface area contributed by atoms with Gasteiger partial charge in [-0.25, -0.2) is 13.8 Å². The summed E-state index contributed by atoms with van der Waals surface area (Å²) in [6.07, 6.45) is 7.42. The fraction of sp³-hybridized carbons (Fsp3) is 0. The Morgan fingerprint density at radius 2 is 1.17 bits per heavy atom. The average molecular weight is 488 g/mol. The molecule has 0 radical (unpaired) electrons. The van der Waals surface area contributed by atoms with Crippen LogP contribution in [0.15, 0.2) is 134 Å². The van der Waals surface area contributed by atoms with E-state index >= 15 is 0 Å². The molecular formula is C29H22FN5Si. The Morgan fingerprint density at radius 3 is 1.72 bits per heavy atom. The molecule has 0 aliphatic carbocycles. The molecule has 174 valence electrons. The number of pyridine rings is 1. The largest absolute Gasteiger partial charge is 0.262 e. The van der Waals surface area contributed by atoms with Gasteiger partial charge in [-0.2, -0.15) is 10.2 Å². The van der Waals surface area contributed by atoms with E-state index in [4.69, 9.17) is 10.2 Å². The van der Waals surface area contributed by atoms with Gasteiger partial charge in [0.25, 0.3) is 0 Å². The van der Waals surface area contributed by atoms with E-state index in [1.165, 1.54) is 12.1 Å². The molecule has 3 aromatic carbocycles. The van der Waals surface area contributed by atoms with E-state index in [-0.39, 0.29) is 5.82 Å². The van der Waals surface area contributed by atoms with Crippen LogP contribution in [0.5, 0.6) is 0 Å². The smallest absolute Gasteiger partial charge is 0.228 e. The Kier molecular flexibility index (Phi) is 5.59. The number of hydrogen-bond donors (Lipinski definition) is 0. The van der Waals surface area contributed by atoms with E-state index in [1.54, 1.807) is 23.1 Å². The molecule has 0 bridgehead atoms. The van der Waals surface area contributed by atoms with Crippen LogP contribution in [0.25, 0.3) is 11.4 Å². The van der Waals surface area contributed by atoms with E-state index in [2.05, 4.69) is 59.6 Å². The number of rotatable bonds is 6. The Morgan fingerprint density at radius 1 is 0.583 bits per heavy atom. The molecular weight excluding hydrogens is 465 g/mol. The van der Waals surface area contributed by atoms with Crippen molar-refractivity contribution in [3.05, 3.63) is 140 Å². The zero-order valence-corrected chi connectivity index (χ0v) is 20.3. The first-order valence-electron chi connectivity index (χ1n) is 11.6. The molecule has 0 spiro atoms. The van der Waals surface area contributed by atoms with Crippen molar-refractivity contribution < 1.29 is 4.39 Å². The van der Waals surface area contributed by atoms with Crippen LogP contribution in [0.2, 0.25) is 0 Å². The molecule has 3 aromatic heterocycles. The molecule has 36 heavy (non-hydrogen) atoms. The number of hydrogen-bond acceptors (Lipinski definition) is 3. The fourth-order valence-corrected chi connectivity index (χ4v) is 9.04. The average Bonchev–Trinajstić information content (AvgIpc) is 3.63. The highest BCUT2D eigenvalue weighted by atomic mass is 28.3. The maximum atomic E-state index is 14.0. The summed E-state index contributed by atoms with van der Waals surface area (Å²) in [6, 6.07) is 35.4. The second kappa shape index (κ2) is 9.20. The van der Waals surface area contributed by atoms with Gasteiger partial charge in [-0.1, -0.05) is 66.7 Å². The minimum Gasteiger partial charge on any atom is -0.262 e. The molecule has 0 aliphatic heterocycles. The summed E-state index contributed by atoms with van der Waals surface area (Å²) in [5.41, 5.74) is 1.56. The van der Waals surface area contributed by atoms with E-state index in [0.717, 1.165) is 26.7 Å². The normalized spacial score (nSPS) is 11.5. The molecule has 5 nitrogen and oxygen atoms in total. The molecule has 6 rings (SSSR count). The van der Waals surface area contributed by atoms with Gasteiger partial charge in [-0.3, -0.25) is 4.98 Å².